The summed E-state index contributed by atoms with van der Waals surface area (Å²) in [6.07, 6.45) is 5.04. The van der Waals surface area contributed by atoms with Crippen molar-refractivity contribution < 1.29 is 8.42 Å². The molecule has 1 aromatic carbocycles. The number of benzene rings is 1. The second-order valence-electron chi connectivity index (χ2n) is 6.40. The van der Waals surface area contributed by atoms with Crippen molar-refractivity contribution in [3.8, 4) is 0 Å². The Hall–Kier alpha value is -2.08. The smallest absolute Gasteiger partial charge is 0.265 e. The zero-order valence-electron chi connectivity index (χ0n) is 14.8. The first-order valence-corrected chi connectivity index (χ1v) is 10.3. The summed E-state index contributed by atoms with van der Waals surface area (Å²) < 4.78 is 27.4. The first-order valence-electron chi connectivity index (χ1n) is 8.84. The lowest BCUT2D eigenvalue weighted by molar-refractivity contribution is 0.481. The summed E-state index contributed by atoms with van der Waals surface area (Å²) in [4.78, 5) is 6.94. The van der Waals surface area contributed by atoms with Gasteiger partial charge in [0.15, 0.2) is 0 Å². The van der Waals surface area contributed by atoms with Gasteiger partial charge in [-0.3, -0.25) is 4.31 Å². The summed E-state index contributed by atoms with van der Waals surface area (Å²) in [5.41, 5.74) is 0.665. The van der Waals surface area contributed by atoms with E-state index >= 15 is 0 Å². The Bertz CT molecular complexity index is 791. The Morgan fingerprint density at radius 3 is 2.52 bits per heavy atom. The summed E-state index contributed by atoms with van der Waals surface area (Å²) in [6, 6.07) is 13.1. The molecule has 6 heteroatoms. The van der Waals surface area contributed by atoms with Crippen molar-refractivity contribution in [2.45, 2.75) is 44.0 Å². The lowest BCUT2D eigenvalue weighted by Crippen LogP contribution is -2.38. The maximum absolute atomic E-state index is 13.0. The highest BCUT2D eigenvalue weighted by atomic mass is 32.2. The molecular formula is C19H25N3O2S. The van der Waals surface area contributed by atoms with Crippen LogP contribution in [0.5, 0.6) is 0 Å². The molecule has 0 unspecified atom stereocenters. The van der Waals surface area contributed by atoms with E-state index in [1.165, 1.54) is 16.9 Å². The van der Waals surface area contributed by atoms with Gasteiger partial charge >= 0.3 is 0 Å². The predicted molar refractivity (Wildman–Crippen MR) is 102 cm³/mol. The molecule has 25 heavy (non-hydrogen) atoms. The standard InChI is InChI=1S/C19H25N3O2S/c1-3-22(17-10-5-4-6-11-17)25(23,24)18-12-13-19(20-15-18)21-14-8-7-9-16(21)2/h4-6,10-13,15-16H,3,7-9,14H2,1-2H3/t16-/m0/s1. The van der Waals surface area contributed by atoms with Gasteiger partial charge in [0.2, 0.25) is 0 Å². The minimum absolute atomic E-state index is 0.228. The van der Waals surface area contributed by atoms with E-state index in [1.807, 2.05) is 31.2 Å². The summed E-state index contributed by atoms with van der Waals surface area (Å²) in [5, 5.41) is 0. The van der Waals surface area contributed by atoms with Gasteiger partial charge in [-0.15, -0.1) is 0 Å². The molecule has 0 spiro atoms. The van der Waals surface area contributed by atoms with Crippen LogP contribution >= 0.6 is 0 Å². The number of nitrogens with zero attached hydrogens (tertiary/aromatic N) is 3. The second-order valence-corrected chi connectivity index (χ2v) is 8.26. The summed E-state index contributed by atoms with van der Waals surface area (Å²) in [7, 11) is -3.61. The number of hydrogen-bond donors (Lipinski definition) is 0. The van der Waals surface area contributed by atoms with Crippen LogP contribution in [0.3, 0.4) is 0 Å². The first-order chi connectivity index (χ1) is 12.0. The van der Waals surface area contributed by atoms with Crippen LogP contribution in [0, 0.1) is 0 Å². The van der Waals surface area contributed by atoms with Crippen LogP contribution in [0.4, 0.5) is 11.5 Å². The SMILES string of the molecule is CCN(c1ccccc1)S(=O)(=O)c1ccc(N2CCCC[C@@H]2C)nc1. The van der Waals surface area contributed by atoms with Crippen LogP contribution in [-0.2, 0) is 10.0 Å². The van der Waals surface area contributed by atoms with Crippen molar-refractivity contribution in [1.82, 2.24) is 4.98 Å². The maximum atomic E-state index is 13.0. The molecule has 2 heterocycles. The molecule has 2 aromatic rings. The van der Waals surface area contributed by atoms with Crippen LogP contribution in [0.1, 0.15) is 33.1 Å². The Labute approximate surface area is 150 Å². The van der Waals surface area contributed by atoms with Gasteiger partial charge in [-0.1, -0.05) is 18.2 Å². The zero-order chi connectivity index (χ0) is 17.9. The van der Waals surface area contributed by atoms with Gasteiger partial charge in [0.05, 0.1) is 5.69 Å². The zero-order valence-corrected chi connectivity index (χ0v) is 15.6. The molecule has 3 rings (SSSR count). The van der Waals surface area contributed by atoms with E-state index in [-0.39, 0.29) is 4.90 Å². The van der Waals surface area contributed by atoms with Crippen LogP contribution in [-0.4, -0.2) is 32.5 Å². The molecule has 0 aliphatic carbocycles. The predicted octanol–water partition coefficient (Wildman–Crippen LogP) is 3.68. The molecule has 1 aliphatic heterocycles. The first kappa shape index (κ1) is 17.7. The summed E-state index contributed by atoms with van der Waals surface area (Å²) in [6.45, 7) is 5.38. The van der Waals surface area contributed by atoms with Gasteiger partial charge in [-0.05, 0) is 57.4 Å². The van der Waals surface area contributed by atoms with Gasteiger partial charge in [0.1, 0.15) is 10.7 Å². The van der Waals surface area contributed by atoms with Crippen LogP contribution in [0.2, 0.25) is 0 Å². The molecule has 5 nitrogen and oxygen atoms in total. The molecule has 0 N–H and O–H groups in total. The molecule has 0 bridgehead atoms. The minimum atomic E-state index is -3.61. The van der Waals surface area contributed by atoms with Gasteiger partial charge in [-0.25, -0.2) is 13.4 Å². The number of para-hydroxylation sites is 1. The Morgan fingerprint density at radius 2 is 1.92 bits per heavy atom. The van der Waals surface area contributed by atoms with Gasteiger partial charge < -0.3 is 4.90 Å². The van der Waals surface area contributed by atoms with Crippen LogP contribution in [0.15, 0.2) is 53.6 Å². The quantitative estimate of drug-likeness (QED) is 0.817. The largest absolute Gasteiger partial charge is 0.354 e. The molecular weight excluding hydrogens is 334 g/mol. The molecule has 0 saturated carbocycles. The van der Waals surface area contributed by atoms with Crippen LogP contribution in [0.25, 0.3) is 0 Å². The molecule has 1 atom stereocenters. The number of sulfonamides is 1. The third kappa shape index (κ3) is 3.63. The molecule has 0 amide bonds. The highest BCUT2D eigenvalue weighted by Crippen LogP contribution is 2.26. The molecule has 1 aromatic heterocycles. The van der Waals surface area contributed by atoms with E-state index in [9.17, 15) is 8.42 Å². The minimum Gasteiger partial charge on any atom is -0.354 e. The second kappa shape index (κ2) is 7.44. The highest BCUT2D eigenvalue weighted by molar-refractivity contribution is 7.92. The van der Waals surface area contributed by atoms with Gasteiger partial charge in [0, 0.05) is 25.3 Å². The fourth-order valence-electron chi connectivity index (χ4n) is 3.35. The molecule has 1 aliphatic rings. The lowest BCUT2D eigenvalue weighted by Gasteiger charge is -2.34. The average molecular weight is 359 g/mol. The van der Waals surface area contributed by atoms with Crippen molar-refractivity contribution in [3.63, 3.8) is 0 Å². The Balaban J connectivity index is 1.87. The lowest BCUT2D eigenvalue weighted by atomic mass is 10.0. The van der Waals surface area contributed by atoms with Gasteiger partial charge in [0.25, 0.3) is 10.0 Å². The highest BCUT2D eigenvalue weighted by Gasteiger charge is 2.25. The van der Waals surface area contributed by atoms with E-state index < -0.39 is 10.0 Å². The number of pyridine rings is 1. The molecule has 1 fully saturated rings. The Kier molecular flexibility index (Phi) is 5.27. The molecule has 0 radical (unpaired) electrons. The van der Waals surface area contributed by atoms with Crippen molar-refractivity contribution in [1.29, 1.82) is 0 Å². The van der Waals surface area contributed by atoms with E-state index in [4.69, 9.17) is 0 Å². The monoisotopic (exact) mass is 359 g/mol. The Morgan fingerprint density at radius 1 is 1.16 bits per heavy atom. The molecule has 134 valence electrons. The maximum Gasteiger partial charge on any atom is 0.265 e. The number of rotatable bonds is 5. The van der Waals surface area contributed by atoms with E-state index in [1.54, 1.807) is 18.2 Å². The topological polar surface area (TPSA) is 53.5 Å². The number of hydrogen-bond acceptors (Lipinski definition) is 4. The normalized spacial score (nSPS) is 18.2. The fraction of sp³-hybridized carbons (Fsp3) is 0.421. The summed E-state index contributed by atoms with van der Waals surface area (Å²) in [5.74, 6) is 0.855. The average Bonchev–Trinajstić information content (AvgIpc) is 2.63. The number of anilines is 2. The number of piperidine rings is 1. The van der Waals surface area contributed by atoms with E-state index in [0.717, 1.165) is 25.2 Å². The van der Waals surface area contributed by atoms with Gasteiger partial charge in [-0.2, -0.15) is 0 Å². The number of aromatic nitrogens is 1. The molecule has 1 saturated heterocycles. The van der Waals surface area contributed by atoms with E-state index in [0.29, 0.717) is 18.3 Å². The fourth-order valence-corrected chi connectivity index (χ4v) is 4.77. The van der Waals surface area contributed by atoms with Crippen LogP contribution < -0.4 is 9.21 Å². The van der Waals surface area contributed by atoms with Crippen molar-refractivity contribution in [2.24, 2.45) is 0 Å². The third-order valence-corrected chi connectivity index (χ3v) is 6.62. The van der Waals surface area contributed by atoms with Crippen molar-refractivity contribution in [2.75, 3.05) is 22.3 Å². The van der Waals surface area contributed by atoms with E-state index in [2.05, 4.69) is 16.8 Å². The third-order valence-electron chi connectivity index (χ3n) is 4.74. The summed E-state index contributed by atoms with van der Waals surface area (Å²) >= 11 is 0. The van der Waals surface area contributed by atoms with Crippen molar-refractivity contribution in [3.05, 3.63) is 48.7 Å². The van der Waals surface area contributed by atoms with Crippen molar-refractivity contribution >= 4 is 21.5 Å².